The van der Waals surface area contributed by atoms with Crippen molar-refractivity contribution < 1.29 is 13.2 Å². The molecule has 2 N–H and O–H groups in total. The average Bonchev–Trinajstić information content (AvgIpc) is 3.41. The van der Waals surface area contributed by atoms with Crippen LogP contribution in [0.25, 0.3) is 11.0 Å². The van der Waals surface area contributed by atoms with E-state index in [1.54, 1.807) is 12.1 Å². The van der Waals surface area contributed by atoms with Gasteiger partial charge in [-0.1, -0.05) is 38.1 Å². The number of hydrogen-bond donors (Lipinski definition) is 2. The van der Waals surface area contributed by atoms with Gasteiger partial charge < -0.3 is 4.57 Å². The minimum absolute atomic E-state index is 0.145. The van der Waals surface area contributed by atoms with Crippen molar-refractivity contribution in [2.24, 2.45) is 5.92 Å². The molecule has 2 aromatic carbocycles. The molecular formula is C25H33N5O3S. The van der Waals surface area contributed by atoms with Crippen LogP contribution in [0.3, 0.4) is 0 Å². The number of para-hydroxylation sites is 2. The lowest BCUT2D eigenvalue weighted by atomic mass is 10.0. The van der Waals surface area contributed by atoms with Gasteiger partial charge in [-0.3, -0.25) is 10.2 Å². The molecule has 1 fully saturated rings. The number of fused-ring (bicyclic) bond motifs is 1. The Morgan fingerprint density at radius 2 is 1.74 bits per heavy atom. The molecule has 1 atom stereocenters. The molecule has 34 heavy (non-hydrogen) atoms. The van der Waals surface area contributed by atoms with Crippen molar-refractivity contribution in [2.75, 3.05) is 13.1 Å². The first-order valence-electron chi connectivity index (χ1n) is 11.8. The number of nitrogens with one attached hydrogen (secondary N) is 2. The zero-order valence-corrected chi connectivity index (χ0v) is 20.8. The number of hydrazine groups is 1. The van der Waals surface area contributed by atoms with E-state index in [0.717, 1.165) is 48.4 Å². The molecule has 8 nitrogen and oxygen atoms in total. The van der Waals surface area contributed by atoms with E-state index in [1.807, 2.05) is 62.2 Å². The molecule has 1 aliphatic rings. The predicted molar refractivity (Wildman–Crippen MR) is 133 cm³/mol. The van der Waals surface area contributed by atoms with Gasteiger partial charge in [0, 0.05) is 19.6 Å². The van der Waals surface area contributed by atoms with Gasteiger partial charge in [0.1, 0.15) is 11.9 Å². The summed E-state index contributed by atoms with van der Waals surface area (Å²) in [6.07, 6.45) is 2.48. The Bertz CT molecular complexity index is 1250. The normalized spacial score (nSPS) is 15.8. The highest BCUT2D eigenvalue weighted by atomic mass is 32.2. The Morgan fingerprint density at radius 3 is 2.41 bits per heavy atom. The van der Waals surface area contributed by atoms with Crippen LogP contribution in [0.1, 0.15) is 44.5 Å². The molecule has 1 aromatic heterocycles. The van der Waals surface area contributed by atoms with Crippen LogP contribution in [0.2, 0.25) is 0 Å². The molecule has 0 spiro atoms. The fraction of sp³-hybridized carbons (Fsp3) is 0.440. The minimum Gasteiger partial charge on any atom is -0.324 e. The summed E-state index contributed by atoms with van der Waals surface area (Å²) in [5, 5.41) is 1.86. The van der Waals surface area contributed by atoms with Gasteiger partial charge >= 0.3 is 0 Å². The molecule has 9 heteroatoms. The van der Waals surface area contributed by atoms with Gasteiger partial charge in [0.15, 0.2) is 0 Å². The van der Waals surface area contributed by atoms with Gasteiger partial charge in [-0.2, -0.15) is 4.72 Å². The maximum absolute atomic E-state index is 13.1. The lowest BCUT2D eigenvalue weighted by molar-refractivity contribution is -0.127. The second kappa shape index (κ2) is 10.2. The van der Waals surface area contributed by atoms with Crippen LogP contribution < -0.4 is 10.1 Å². The molecule has 3 aromatic rings. The second-order valence-corrected chi connectivity index (χ2v) is 11.1. The summed E-state index contributed by atoms with van der Waals surface area (Å²) in [5.74, 6) is 0.756. The van der Waals surface area contributed by atoms with Gasteiger partial charge in [0.2, 0.25) is 10.0 Å². The molecule has 0 bridgehead atoms. The van der Waals surface area contributed by atoms with Crippen LogP contribution in [-0.2, 0) is 21.4 Å². The maximum Gasteiger partial charge on any atom is 0.252 e. The molecule has 0 saturated carbocycles. The van der Waals surface area contributed by atoms with Crippen LogP contribution >= 0.6 is 0 Å². The number of amides is 1. The highest BCUT2D eigenvalue weighted by Gasteiger charge is 2.28. The zero-order valence-electron chi connectivity index (χ0n) is 20.0. The molecule has 0 aliphatic carbocycles. The van der Waals surface area contributed by atoms with Gasteiger partial charge in [0.25, 0.3) is 5.91 Å². The Hall–Kier alpha value is -2.75. The van der Waals surface area contributed by atoms with Crippen LogP contribution in [-0.4, -0.2) is 48.0 Å². The number of imidazole rings is 1. The smallest absolute Gasteiger partial charge is 0.252 e. The number of hydrogen-bond acceptors (Lipinski definition) is 5. The molecular weight excluding hydrogens is 450 g/mol. The molecule has 1 saturated heterocycles. The quantitative estimate of drug-likeness (QED) is 0.487. The van der Waals surface area contributed by atoms with Crippen molar-refractivity contribution in [3.63, 3.8) is 0 Å². The molecule has 2 heterocycles. The van der Waals surface area contributed by atoms with E-state index in [-0.39, 0.29) is 16.7 Å². The molecule has 0 radical (unpaired) electrons. The summed E-state index contributed by atoms with van der Waals surface area (Å²) in [7, 11) is -3.85. The average molecular weight is 484 g/mol. The number of carbonyl (C=O) groups excluding carboxylic acids is 1. The van der Waals surface area contributed by atoms with E-state index >= 15 is 0 Å². The third-order valence-electron chi connectivity index (χ3n) is 6.12. The lowest BCUT2D eigenvalue weighted by Gasteiger charge is -2.24. The predicted octanol–water partition coefficient (Wildman–Crippen LogP) is 3.21. The van der Waals surface area contributed by atoms with Crippen molar-refractivity contribution in [1.29, 1.82) is 0 Å². The van der Waals surface area contributed by atoms with Crippen molar-refractivity contribution in [1.82, 2.24) is 24.7 Å². The summed E-state index contributed by atoms with van der Waals surface area (Å²) in [6, 6.07) is 13.9. The van der Waals surface area contributed by atoms with Gasteiger partial charge in [0.05, 0.1) is 15.9 Å². The SMILES string of the molecule is Cc1nc2ccccc2n1Cc1ccc(S(=O)(=O)N[C@@H](CC(C)C)C(=O)NN2CCCC2)cc1. The van der Waals surface area contributed by atoms with E-state index in [0.29, 0.717) is 13.0 Å². The van der Waals surface area contributed by atoms with Crippen molar-refractivity contribution in [3.8, 4) is 0 Å². The number of sulfonamides is 1. The van der Waals surface area contributed by atoms with Crippen LogP contribution in [0.15, 0.2) is 53.4 Å². The van der Waals surface area contributed by atoms with Crippen LogP contribution in [0.4, 0.5) is 0 Å². The molecule has 4 rings (SSSR count). The first-order valence-corrected chi connectivity index (χ1v) is 13.3. The Morgan fingerprint density at radius 1 is 1.06 bits per heavy atom. The Labute approximate surface area is 201 Å². The third kappa shape index (κ3) is 5.65. The number of aryl methyl sites for hydroxylation is 1. The van der Waals surface area contributed by atoms with Crippen molar-refractivity contribution in [3.05, 3.63) is 59.9 Å². The molecule has 182 valence electrons. The van der Waals surface area contributed by atoms with Gasteiger partial charge in [-0.15, -0.1) is 0 Å². The Kier molecular flexibility index (Phi) is 7.35. The topological polar surface area (TPSA) is 96.3 Å². The number of rotatable bonds is 9. The summed E-state index contributed by atoms with van der Waals surface area (Å²) in [6.45, 7) is 8.08. The fourth-order valence-electron chi connectivity index (χ4n) is 4.35. The number of aromatic nitrogens is 2. The van der Waals surface area contributed by atoms with Crippen molar-refractivity contribution >= 4 is 27.0 Å². The second-order valence-electron chi connectivity index (χ2n) is 9.35. The van der Waals surface area contributed by atoms with E-state index in [2.05, 4.69) is 19.7 Å². The van der Waals surface area contributed by atoms with Crippen LogP contribution in [0, 0.1) is 12.8 Å². The summed E-state index contributed by atoms with van der Waals surface area (Å²) in [4.78, 5) is 17.6. The van der Waals surface area contributed by atoms with Gasteiger partial charge in [-0.25, -0.2) is 18.4 Å². The first kappa shape index (κ1) is 24.4. The monoisotopic (exact) mass is 483 g/mol. The fourth-order valence-corrected chi connectivity index (χ4v) is 5.56. The lowest BCUT2D eigenvalue weighted by Crippen LogP contribution is -2.52. The van der Waals surface area contributed by atoms with Crippen LogP contribution in [0.5, 0.6) is 0 Å². The maximum atomic E-state index is 13.1. The standard InChI is InChI=1S/C25H33N5O3S/c1-18(2)16-23(25(31)27-29-14-6-7-15-29)28-34(32,33)21-12-10-20(11-13-21)17-30-19(3)26-22-8-4-5-9-24(22)30/h4-5,8-13,18,23,28H,6-7,14-17H2,1-3H3,(H,27,31)/t23-/m0/s1. The first-order chi connectivity index (χ1) is 16.2. The van der Waals surface area contributed by atoms with E-state index in [9.17, 15) is 13.2 Å². The van der Waals surface area contributed by atoms with Gasteiger partial charge in [-0.05, 0) is 61.9 Å². The van der Waals surface area contributed by atoms with E-state index in [1.165, 1.54) is 0 Å². The van der Waals surface area contributed by atoms with E-state index < -0.39 is 16.1 Å². The Balaban J connectivity index is 1.48. The summed E-state index contributed by atoms with van der Waals surface area (Å²) in [5.41, 5.74) is 5.82. The number of carbonyl (C=O) groups is 1. The highest BCUT2D eigenvalue weighted by Crippen LogP contribution is 2.19. The summed E-state index contributed by atoms with van der Waals surface area (Å²) >= 11 is 0. The molecule has 1 aliphatic heterocycles. The highest BCUT2D eigenvalue weighted by molar-refractivity contribution is 7.89. The zero-order chi connectivity index (χ0) is 24.3. The largest absolute Gasteiger partial charge is 0.324 e. The van der Waals surface area contributed by atoms with Crippen molar-refractivity contribution in [2.45, 2.75) is 57.5 Å². The molecule has 0 unspecified atom stereocenters. The molecule has 1 amide bonds. The minimum atomic E-state index is -3.85. The number of nitrogens with zero attached hydrogens (tertiary/aromatic N) is 3. The third-order valence-corrected chi connectivity index (χ3v) is 7.60. The van der Waals surface area contributed by atoms with E-state index in [4.69, 9.17) is 0 Å². The summed E-state index contributed by atoms with van der Waals surface area (Å²) < 4.78 is 30.9. The number of benzene rings is 2.